The van der Waals surface area contributed by atoms with Crippen molar-refractivity contribution in [3.05, 3.63) is 96.5 Å². The second-order valence-electron chi connectivity index (χ2n) is 7.04. The minimum Gasteiger partial charge on any atom is -0.432 e. The Morgan fingerprint density at radius 1 is 0.886 bits per heavy atom. The number of halogens is 1. The van der Waals surface area contributed by atoms with Gasteiger partial charge in [-0.2, -0.15) is 15.5 Å². The first-order valence-corrected chi connectivity index (χ1v) is 10.5. The van der Waals surface area contributed by atoms with E-state index < -0.39 is 27.1 Å². The molecule has 1 aromatic heterocycles. The van der Waals surface area contributed by atoms with E-state index in [1.54, 1.807) is 24.3 Å². The fourth-order valence-electron chi connectivity index (χ4n) is 3.20. The Kier molecular flexibility index (Phi) is 6.22. The van der Waals surface area contributed by atoms with Crippen LogP contribution in [-0.2, 0) is 0 Å². The normalized spacial score (nSPS) is 10.3. The highest BCUT2D eigenvalue weighted by Gasteiger charge is 2.28. The molecule has 1 heterocycles. The average Bonchev–Trinajstić information content (AvgIpc) is 2.85. The van der Waals surface area contributed by atoms with E-state index in [2.05, 4.69) is 32.3 Å². The maximum absolute atomic E-state index is 11.7. The summed E-state index contributed by atoms with van der Waals surface area (Å²) in [6.07, 6.45) is 0. The number of nitriles is 2. The zero-order chi connectivity index (χ0) is 25.1. The quantitative estimate of drug-likeness (QED) is 0.228. The topological polar surface area (TPSA) is 168 Å². The van der Waals surface area contributed by atoms with E-state index in [-0.39, 0.29) is 11.6 Å². The third kappa shape index (κ3) is 4.68. The van der Waals surface area contributed by atoms with Crippen LogP contribution < -0.4 is 10.1 Å². The summed E-state index contributed by atoms with van der Waals surface area (Å²) in [7, 11) is 0. The van der Waals surface area contributed by atoms with Gasteiger partial charge in [-0.3, -0.25) is 20.2 Å². The van der Waals surface area contributed by atoms with Crippen LogP contribution in [0.2, 0.25) is 0 Å². The Hall–Kier alpha value is -5.07. The molecule has 35 heavy (non-hydrogen) atoms. The molecule has 0 saturated heterocycles. The molecule has 1 N–H and O–H groups in total. The van der Waals surface area contributed by atoms with Crippen molar-refractivity contribution >= 4 is 49.6 Å². The van der Waals surface area contributed by atoms with E-state index in [9.17, 15) is 20.2 Å². The number of nitro groups is 2. The summed E-state index contributed by atoms with van der Waals surface area (Å²) in [4.78, 5) is 25.7. The molecule has 0 saturated carbocycles. The molecular formula is C23H11BrN6O5. The van der Waals surface area contributed by atoms with E-state index in [0.29, 0.717) is 26.7 Å². The van der Waals surface area contributed by atoms with E-state index in [4.69, 9.17) is 15.3 Å². The Morgan fingerprint density at radius 3 is 2.17 bits per heavy atom. The van der Waals surface area contributed by atoms with Crippen molar-refractivity contribution in [1.82, 2.24) is 4.98 Å². The Balaban J connectivity index is 1.80. The van der Waals surface area contributed by atoms with Gasteiger partial charge < -0.3 is 10.1 Å². The Morgan fingerprint density at radius 2 is 1.54 bits per heavy atom. The van der Waals surface area contributed by atoms with Gasteiger partial charge in [0.15, 0.2) is 0 Å². The standard InChI is InChI=1S/C23H11BrN6O5/c24-21-17-7-3-14(12-26)9-15(17)4-8-20(21)35-23-19(30(33)34)10-18(29(31)32)22(28-23)27-16-5-1-13(11-25)2-6-16/h1-10H,(H,27,28). The minimum atomic E-state index is -0.824. The molecule has 0 aliphatic heterocycles. The summed E-state index contributed by atoms with van der Waals surface area (Å²) in [6, 6.07) is 19.0. The van der Waals surface area contributed by atoms with Crippen molar-refractivity contribution < 1.29 is 14.6 Å². The molecule has 12 heteroatoms. The highest BCUT2D eigenvalue weighted by molar-refractivity contribution is 9.10. The van der Waals surface area contributed by atoms with Gasteiger partial charge in [0.1, 0.15) is 11.8 Å². The monoisotopic (exact) mass is 530 g/mol. The summed E-state index contributed by atoms with van der Waals surface area (Å²) >= 11 is 3.42. The van der Waals surface area contributed by atoms with Crippen LogP contribution in [0, 0.1) is 42.9 Å². The highest BCUT2D eigenvalue weighted by atomic mass is 79.9. The second kappa shape index (κ2) is 9.43. The van der Waals surface area contributed by atoms with E-state index >= 15 is 0 Å². The van der Waals surface area contributed by atoms with Crippen LogP contribution in [0.3, 0.4) is 0 Å². The second-order valence-corrected chi connectivity index (χ2v) is 7.83. The summed E-state index contributed by atoms with van der Waals surface area (Å²) in [5.74, 6) is -0.572. The third-order valence-electron chi connectivity index (χ3n) is 4.87. The van der Waals surface area contributed by atoms with Gasteiger partial charge >= 0.3 is 17.3 Å². The van der Waals surface area contributed by atoms with Crippen molar-refractivity contribution in [3.8, 4) is 23.8 Å². The maximum atomic E-state index is 11.7. The third-order valence-corrected chi connectivity index (χ3v) is 5.69. The van der Waals surface area contributed by atoms with E-state index in [1.807, 2.05) is 6.07 Å². The van der Waals surface area contributed by atoms with Gasteiger partial charge in [0.25, 0.3) is 0 Å². The molecular weight excluding hydrogens is 520 g/mol. The molecule has 0 aliphatic rings. The summed E-state index contributed by atoms with van der Waals surface area (Å²) in [6.45, 7) is 0. The van der Waals surface area contributed by atoms with Crippen LogP contribution in [0.1, 0.15) is 11.1 Å². The van der Waals surface area contributed by atoms with Gasteiger partial charge in [-0.25, -0.2) is 0 Å². The molecule has 170 valence electrons. The van der Waals surface area contributed by atoms with Crippen molar-refractivity contribution in [3.63, 3.8) is 0 Å². The van der Waals surface area contributed by atoms with Crippen LogP contribution in [-0.4, -0.2) is 14.8 Å². The van der Waals surface area contributed by atoms with Crippen LogP contribution in [0.15, 0.2) is 65.1 Å². The van der Waals surface area contributed by atoms with E-state index in [0.717, 1.165) is 11.5 Å². The van der Waals surface area contributed by atoms with Crippen molar-refractivity contribution in [2.75, 3.05) is 5.32 Å². The minimum absolute atomic E-state index is 0.177. The number of rotatable bonds is 6. The molecule has 3 aromatic carbocycles. The molecule has 0 atom stereocenters. The lowest BCUT2D eigenvalue weighted by Gasteiger charge is -2.12. The van der Waals surface area contributed by atoms with Gasteiger partial charge in [-0.15, -0.1) is 0 Å². The molecule has 0 fully saturated rings. The first kappa shape index (κ1) is 23.1. The van der Waals surface area contributed by atoms with Crippen LogP contribution in [0.5, 0.6) is 11.6 Å². The van der Waals surface area contributed by atoms with Crippen LogP contribution >= 0.6 is 15.9 Å². The lowest BCUT2D eigenvalue weighted by Crippen LogP contribution is -2.04. The maximum Gasteiger partial charge on any atom is 0.338 e. The highest BCUT2D eigenvalue weighted by Crippen LogP contribution is 2.41. The molecule has 4 rings (SSSR count). The molecule has 0 unspecified atom stereocenters. The Labute approximate surface area is 205 Å². The fourth-order valence-corrected chi connectivity index (χ4v) is 3.78. The molecule has 0 radical (unpaired) electrons. The number of ether oxygens (including phenoxy) is 1. The summed E-state index contributed by atoms with van der Waals surface area (Å²) < 4.78 is 6.20. The smallest absolute Gasteiger partial charge is 0.338 e. The van der Waals surface area contributed by atoms with Crippen LogP contribution in [0.25, 0.3) is 10.8 Å². The van der Waals surface area contributed by atoms with E-state index in [1.165, 1.54) is 30.3 Å². The zero-order valence-corrected chi connectivity index (χ0v) is 19.0. The van der Waals surface area contributed by atoms with Crippen molar-refractivity contribution in [2.24, 2.45) is 0 Å². The fraction of sp³-hybridized carbons (Fsp3) is 0. The Bertz CT molecular complexity index is 1590. The lowest BCUT2D eigenvalue weighted by atomic mass is 10.1. The number of nitrogens with zero attached hydrogens (tertiary/aromatic N) is 5. The number of hydrogen-bond acceptors (Lipinski definition) is 9. The van der Waals surface area contributed by atoms with Gasteiger partial charge in [0.2, 0.25) is 5.82 Å². The first-order valence-electron chi connectivity index (χ1n) is 9.72. The predicted molar refractivity (Wildman–Crippen MR) is 128 cm³/mol. The number of nitrogens with one attached hydrogen (secondary N) is 1. The van der Waals surface area contributed by atoms with Gasteiger partial charge in [0.05, 0.1) is 37.6 Å². The summed E-state index contributed by atoms with van der Waals surface area (Å²) in [5, 5.41) is 45.5. The number of pyridine rings is 1. The number of fused-ring (bicyclic) bond motifs is 1. The molecule has 11 nitrogen and oxygen atoms in total. The number of anilines is 2. The molecule has 0 amide bonds. The molecule has 4 aromatic rings. The zero-order valence-electron chi connectivity index (χ0n) is 17.4. The van der Waals surface area contributed by atoms with Crippen LogP contribution in [0.4, 0.5) is 22.9 Å². The van der Waals surface area contributed by atoms with Gasteiger partial charge in [-0.05, 0) is 69.2 Å². The molecule has 0 bridgehead atoms. The molecule has 0 spiro atoms. The number of aromatic nitrogens is 1. The summed E-state index contributed by atoms with van der Waals surface area (Å²) in [5.41, 5.74) is -0.110. The average molecular weight is 531 g/mol. The first-order chi connectivity index (χ1) is 16.8. The van der Waals surface area contributed by atoms with Crippen molar-refractivity contribution in [1.29, 1.82) is 10.5 Å². The molecule has 0 aliphatic carbocycles. The van der Waals surface area contributed by atoms with Gasteiger partial charge in [-0.1, -0.05) is 12.1 Å². The largest absolute Gasteiger partial charge is 0.432 e. The number of benzene rings is 3. The lowest BCUT2D eigenvalue weighted by molar-refractivity contribution is -0.394. The van der Waals surface area contributed by atoms with Gasteiger partial charge in [0, 0.05) is 5.69 Å². The number of hydrogen-bond donors (Lipinski definition) is 1. The predicted octanol–water partition coefficient (Wildman–Crippen LogP) is 6.09. The SMILES string of the molecule is N#Cc1ccc(Nc2nc(Oc3ccc4cc(C#N)ccc4c3Br)c([N+](=O)[O-])cc2[N+](=O)[O-])cc1. The van der Waals surface area contributed by atoms with Crippen molar-refractivity contribution in [2.45, 2.75) is 0 Å².